The van der Waals surface area contributed by atoms with Crippen molar-refractivity contribution in [1.29, 1.82) is 0 Å². The molecule has 0 radical (unpaired) electrons. The Bertz CT molecular complexity index is 997. The minimum atomic E-state index is -0.407. The SMILES string of the molecule is CCc1nn2c(=O)cc(COC(=O)c3c(C)cc(C)cc3C)nc2s1. The van der Waals surface area contributed by atoms with Gasteiger partial charge in [-0.3, -0.25) is 4.79 Å². The van der Waals surface area contributed by atoms with Gasteiger partial charge in [0, 0.05) is 6.07 Å². The van der Waals surface area contributed by atoms with Crippen LogP contribution in [0.2, 0.25) is 0 Å². The molecule has 0 unspecified atom stereocenters. The third-order valence-corrected chi connectivity index (χ3v) is 4.93. The van der Waals surface area contributed by atoms with Gasteiger partial charge in [0.1, 0.15) is 11.6 Å². The van der Waals surface area contributed by atoms with Crippen molar-refractivity contribution in [3.63, 3.8) is 0 Å². The largest absolute Gasteiger partial charge is 0.456 e. The summed E-state index contributed by atoms with van der Waals surface area (Å²) in [5, 5.41) is 5.04. The smallest absolute Gasteiger partial charge is 0.339 e. The van der Waals surface area contributed by atoms with Crippen molar-refractivity contribution in [2.75, 3.05) is 0 Å². The number of aryl methyl sites for hydroxylation is 4. The lowest BCUT2D eigenvalue weighted by molar-refractivity contribution is 0.0466. The monoisotopic (exact) mass is 357 g/mol. The van der Waals surface area contributed by atoms with Crippen molar-refractivity contribution in [1.82, 2.24) is 14.6 Å². The van der Waals surface area contributed by atoms with Crippen LogP contribution >= 0.6 is 11.3 Å². The lowest BCUT2D eigenvalue weighted by Crippen LogP contribution is -2.17. The highest BCUT2D eigenvalue weighted by molar-refractivity contribution is 7.16. The van der Waals surface area contributed by atoms with Gasteiger partial charge in [-0.25, -0.2) is 9.78 Å². The molecule has 0 spiro atoms. The fraction of sp³-hybridized carbons (Fsp3) is 0.333. The normalized spacial score (nSPS) is 11.0. The summed E-state index contributed by atoms with van der Waals surface area (Å²) >= 11 is 1.36. The molecule has 1 aromatic carbocycles. The van der Waals surface area contributed by atoms with Crippen LogP contribution in [-0.2, 0) is 17.8 Å². The lowest BCUT2D eigenvalue weighted by Gasteiger charge is -2.10. The Hall–Kier alpha value is -2.54. The summed E-state index contributed by atoms with van der Waals surface area (Å²) < 4.78 is 6.67. The number of esters is 1. The topological polar surface area (TPSA) is 73.6 Å². The molecule has 2 aromatic heterocycles. The highest BCUT2D eigenvalue weighted by Gasteiger charge is 2.15. The van der Waals surface area contributed by atoms with Crippen molar-refractivity contribution in [3.8, 4) is 0 Å². The zero-order valence-electron chi connectivity index (χ0n) is 14.6. The van der Waals surface area contributed by atoms with Gasteiger partial charge in [-0.05, 0) is 38.3 Å². The number of carbonyl (C=O) groups excluding carboxylic acids is 1. The molecular weight excluding hydrogens is 338 g/mol. The van der Waals surface area contributed by atoms with Gasteiger partial charge < -0.3 is 4.74 Å². The van der Waals surface area contributed by atoms with E-state index in [4.69, 9.17) is 4.74 Å². The Morgan fingerprint density at radius 1 is 1.20 bits per heavy atom. The van der Waals surface area contributed by atoms with Gasteiger partial charge in [0.2, 0.25) is 4.96 Å². The van der Waals surface area contributed by atoms with Gasteiger partial charge >= 0.3 is 5.97 Å². The molecule has 0 N–H and O–H groups in total. The van der Waals surface area contributed by atoms with E-state index >= 15 is 0 Å². The Labute approximate surface area is 149 Å². The molecule has 0 aliphatic carbocycles. The Morgan fingerprint density at radius 3 is 2.52 bits per heavy atom. The molecule has 0 saturated carbocycles. The van der Waals surface area contributed by atoms with Crippen LogP contribution in [0, 0.1) is 20.8 Å². The number of hydrogen-bond donors (Lipinski definition) is 0. The lowest BCUT2D eigenvalue weighted by atomic mass is 10.00. The molecule has 7 heteroatoms. The van der Waals surface area contributed by atoms with E-state index in [0.29, 0.717) is 16.2 Å². The van der Waals surface area contributed by atoms with Crippen LogP contribution in [0.4, 0.5) is 0 Å². The van der Waals surface area contributed by atoms with Crippen LogP contribution in [0.5, 0.6) is 0 Å². The first-order valence-electron chi connectivity index (χ1n) is 8.02. The molecule has 0 amide bonds. The average molecular weight is 357 g/mol. The van der Waals surface area contributed by atoms with Crippen LogP contribution < -0.4 is 5.56 Å². The molecule has 3 aromatic rings. The van der Waals surface area contributed by atoms with Crippen LogP contribution in [-0.4, -0.2) is 20.6 Å². The number of nitrogens with zero attached hydrogens (tertiary/aromatic N) is 3. The molecule has 3 rings (SSSR count). The summed E-state index contributed by atoms with van der Waals surface area (Å²) in [5.41, 5.74) is 3.57. The maximum Gasteiger partial charge on any atom is 0.339 e. The Balaban J connectivity index is 1.83. The van der Waals surface area contributed by atoms with Crippen molar-refractivity contribution < 1.29 is 9.53 Å². The first kappa shape index (κ1) is 17.3. The molecule has 0 aliphatic rings. The van der Waals surface area contributed by atoms with Crippen molar-refractivity contribution in [3.05, 3.63) is 61.5 Å². The number of fused-ring (bicyclic) bond motifs is 1. The van der Waals surface area contributed by atoms with Crippen LogP contribution in [0.25, 0.3) is 4.96 Å². The fourth-order valence-electron chi connectivity index (χ4n) is 2.83. The third kappa shape index (κ3) is 3.46. The molecule has 0 atom stereocenters. The standard InChI is InChI=1S/C18H19N3O3S/c1-5-14-20-21-15(22)8-13(19-18(21)25-14)9-24-17(23)16-11(3)6-10(2)7-12(16)4/h6-8H,5,9H2,1-4H3. The van der Waals surface area contributed by atoms with E-state index < -0.39 is 5.97 Å². The van der Waals surface area contributed by atoms with Crippen LogP contribution in [0.1, 0.15) is 44.7 Å². The maximum absolute atomic E-state index is 12.4. The predicted octanol–water partition coefficient (Wildman–Crippen LogP) is 3.00. The van der Waals surface area contributed by atoms with E-state index in [9.17, 15) is 9.59 Å². The molecule has 2 heterocycles. The zero-order valence-corrected chi connectivity index (χ0v) is 15.4. The highest BCUT2D eigenvalue weighted by Crippen LogP contribution is 2.18. The van der Waals surface area contributed by atoms with Gasteiger partial charge in [0.05, 0.1) is 11.3 Å². The second kappa shape index (κ2) is 6.76. The van der Waals surface area contributed by atoms with Crippen LogP contribution in [0.3, 0.4) is 0 Å². The van der Waals surface area contributed by atoms with E-state index in [0.717, 1.165) is 28.1 Å². The van der Waals surface area contributed by atoms with E-state index in [1.54, 1.807) is 0 Å². The van der Waals surface area contributed by atoms with Crippen molar-refractivity contribution in [2.45, 2.75) is 40.7 Å². The van der Waals surface area contributed by atoms with Crippen molar-refractivity contribution >= 4 is 22.3 Å². The summed E-state index contributed by atoms with van der Waals surface area (Å²) in [6.07, 6.45) is 0.740. The Kier molecular flexibility index (Phi) is 4.67. The summed E-state index contributed by atoms with van der Waals surface area (Å²) in [6.45, 7) is 7.68. The number of hydrogen-bond acceptors (Lipinski definition) is 6. The van der Waals surface area contributed by atoms with Gasteiger partial charge in [-0.15, -0.1) is 0 Å². The van der Waals surface area contributed by atoms with E-state index in [2.05, 4.69) is 10.1 Å². The molecule has 130 valence electrons. The van der Waals surface area contributed by atoms with E-state index in [1.807, 2.05) is 39.8 Å². The van der Waals surface area contributed by atoms with Gasteiger partial charge in [0.15, 0.2) is 0 Å². The molecule has 0 fully saturated rings. The van der Waals surface area contributed by atoms with Gasteiger partial charge in [0.25, 0.3) is 5.56 Å². The number of aromatic nitrogens is 3. The highest BCUT2D eigenvalue weighted by atomic mass is 32.1. The van der Waals surface area contributed by atoms with Crippen molar-refractivity contribution in [2.24, 2.45) is 0 Å². The summed E-state index contributed by atoms with van der Waals surface area (Å²) in [4.78, 5) is 29.4. The minimum absolute atomic E-state index is 0.0450. The Morgan fingerprint density at radius 2 is 1.88 bits per heavy atom. The first-order chi connectivity index (χ1) is 11.9. The second-order valence-electron chi connectivity index (χ2n) is 5.98. The molecule has 0 aliphatic heterocycles. The molecular formula is C18H19N3O3S. The number of benzene rings is 1. The number of rotatable bonds is 4. The average Bonchev–Trinajstić information content (AvgIpc) is 2.95. The predicted molar refractivity (Wildman–Crippen MR) is 96.3 cm³/mol. The first-order valence-corrected chi connectivity index (χ1v) is 8.84. The summed E-state index contributed by atoms with van der Waals surface area (Å²) in [5.74, 6) is -0.407. The second-order valence-corrected chi connectivity index (χ2v) is 7.02. The molecule has 0 saturated heterocycles. The zero-order chi connectivity index (χ0) is 18.1. The molecule has 0 bridgehead atoms. The van der Waals surface area contributed by atoms with Gasteiger partial charge in [-0.2, -0.15) is 9.61 Å². The molecule has 25 heavy (non-hydrogen) atoms. The maximum atomic E-state index is 12.4. The van der Waals surface area contributed by atoms with E-state index in [-0.39, 0.29) is 12.2 Å². The summed E-state index contributed by atoms with van der Waals surface area (Å²) in [6, 6.07) is 5.25. The van der Waals surface area contributed by atoms with Crippen LogP contribution in [0.15, 0.2) is 23.0 Å². The summed E-state index contributed by atoms with van der Waals surface area (Å²) in [7, 11) is 0. The fourth-order valence-corrected chi connectivity index (χ4v) is 3.68. The minimum Gasteiger partial charge on any atom is -0.456 e. The molecule has 6 nitrogen and oxygen atoms in total. The number of ether oxygens (including phenoxy) is 1. The number of carbonyl (C=O) groups is 1. The van der Waals surface area contributed by atoms with E-state index in [1.165, 1.54) is 21.9 Å². The quantitative estimate of drug-likeness (QED) is 0.671. The van der Waals surface area contributed by atoms with Gasteiger partial charge in [-0.1, -0.05) is 36.0 Å². The third-order valence-electron chi connectivity index (χ3n) is 3.87.